The second-order valence-corrected chi connectivity index (χ2v) is 1.62. The summed E-state index contributed by atoms with van der Waals surface area (Å²) in [4.78, 5) is 0. The molecule has 0 spiro atoms. The Kier molecular flexibility index (Phi) is 0.710. The van der Waals surface area contributed by atoms with E-state index in [1.165, 1.54) is 0 Å². The van der Waals surface area contributed by atoms with Gasteiger partial charge in [0.2, 0.25) is 7.98 Å². The first-order valence-corrected chi connectivity index (χ1v) is 2.25. The summed E-state index contributed by atoms with van der Waals surface area (Å²) in [6.45, 7) is 1.94. The van der Waals surface area contributed by atoms with Crippen molar-refractivity contribution in [2.24, 2.45) is 0 Å². The van der Waals surface area contributed by atoms with E-state index in [1.54, 1.807) is 0 Å². The topological polar surface area (TPSA) is 35.9 Å². The summed E-state index contributed by atoms with van der Waals surface area (Å²) in [5.74, 6) is 0. The van der Waals surface area contributed by atoms with Crippen molar-refractivity contribution in [1.82, 2.24) is 0 Å². The van der Waals surface area contributed by atoms with Gasteiger partial charge in [0.1, 0.15) is 0 Å². The molecule has 7 heavy (non-hydrogen) atoms. The Morgan fingerprint density at radius 2 is 2.14 bits per heavy atom. The van der Waals surface area contributed by atoms with Crippen LogP contribution in [0.2, 0.25) is 0 Å². The van der Waals surface area contributed by atoms with Gasteiger partial charge in [-0.15, -0.1) is 0 Å². The molecule has 2 N–H and O–H groups in total. The second kappa shape index (κ2) is 1.12. The summed E-state index contributed by atoms with van der Waals surface area (Å²) in [5.41, 5.74) is 2.11. The average molecular weight is 93.9 g/mol. The third-order valence-corrected chi connectivity index (χ3v) is 1.19. The standard InChI is InChI=1S/C4H7BN2/c1-2-3(6)4(2)7-5/h6-7H,5H2,1H3. The van der Waals surface area contributed by atoms with Gasteiger partial charge in [-0.25, -0.2) is 0 Å². The van der Waals surface area contributed by atoms with Crippen molar-refractivity contribution >= 4 is 13.7 Å². The molecule has 0 amide bonds. The molecular weight excluding hydrogens is 86.9 g/mol. The minimum Gasteiger partial charge on any atom is -0.432 e. The highest BCUT2D eigenvalue weighted by Crippen LogP contribution is 2.10. The molecule has 0 unspecified atom stereocenters. The van der Waals surface area contributed by atoms with Crippen LogP contribution in [-0.4, -0.2) is 7.98 Å². The highest BCUT2D eigenvalue weighted by molar-refractivity contribution is 6.17. The number of hydrogen-bond acceptors (Lipinski definition) is 2. The molecule has 1 rings (SSSR count). The first kappa shape index (κ1) is 4.43. The molecule has 0 saturated carbocycles. The molecule has 0 bridgehead atoms. The lowest BCUT2D eigenvalue weighted by molar-refractivity contribution is 1.34. The Labute approximate surface area is 43.2 Å². The molecule has 1 aromatic carbocycles. The van der Waals surface area contributed by atoms with Crippen LogP contribution in [0.5, 0.6) is 0 Å². The van der Waals surface area contributed by atoms with E-state index in [1.807, 2.05) is 14.9 Å². The highest BCUT2D eigenvalue weighted by atomic mass is 14.8. The van der Waals surface area contributed by atoms with Crippen LogP contribution in [0, 0.1) is 12.3 Å². The van der Waals surface area contributed by atoms with Gasteiger partial charge in [0.15, 0.2) is 0 Å². The lowest BCUT2D eigenvalue weighted by Gasteiger charge is -1.77. The summed E-state index contributed by atoms with van der Waals surface area (Å²) in [6.07, 6.45) is 0. The summed E-state index contributed by atoms with van der Waals surface area (Å²) >= 11 is 0. The zero-order valence-electron chi connectivity index (χ0n) is 4.50. The molecule has 0 aliphatic heterocycles. The minimum atomic E-state index is 0.683. The van der Waals surface area contributed by atoms with Gasteiger partial charge in [-0.1, -0.05) is 0 Å². The smallest absolute Gasteiger partial charge is 0.214 e. The fraction of sp³-hybridized carbons (Fsp3) is 0.250. The van der Waals surface area contributed by atoms with Gasteiger partial charge < -0.3 is 5.23 Å². The van der Waals surface area contributed by atoms with E-state index in [0.29, 0.717) is 5.36 Å². The van der Waals surface area contributed by atoms with E-state index >= 15 is 0 Å². The lowest BCUT2D eigenvalue weighted by Crippen LogP contribution is -1.87. The largest absolute Gasteiger partial charge is 0.432 e. The molecule has 0 aliphatic rings. The monoisotopic (exact) mass is 94.1 g/mol. The zero-order chi connectivity index (χ0) is 5.44. The minimum absolute atomic E-state index is 0.683. The van der Waals surface area contributed by atoms with E-state index < -0.39 is 0 Å². The Hall–Kier alpha value is -0.725. The Bertz CT molecular complexity index is 185. The third kappa shape index (κ3) is 0.445. The molecule has 0 aromatic heterocycles. The van der Waals surface area contributed by atoms with Gasteiger partial charge in [-0.2, -0.15) is 0 Å². The predicted octanol–water partition coefficient (Wildman–Crippen LogP) is -0.690. The fourth-order valence-corrected chi connectivity index (χ4v) is 0.594. The summed E-state index contributed by atoms with van der Waals surface area (Å²) in [6, 6.07) is 0. The van der Waals surface area contributed by atoms with Crippen LogP contribution in [0.4, 0.5) is 5.69 Å². The van der Waals surface area contributed by atoms with Gasteiger partial charge in [-0.3, -0.25) is 5.41 Å². The van der Waals surface area contributed by atoms with E-state index in [0.717, 1.165) is 11.3 Å². The second-order valence-electron chi connectivity index (χ2n) is 1.62. The Balaban J connectivity index is 2.81. The molecule has 0 atom stereocenters. The maximum atomic E-state index is 7.04. The lowest BCUT2D eigenvalue weighted by atomic mass is 10.4. The quantitative estimate of drug-likeness (QED) is 0.444. The maximum absolute atomic E-state index is 7.04. The summed E-state index contributed by atoms with van der Waals surface area (Å²) in [5, 5.41) is 10.6. The molecule has 3 heteroatoms. The van der Waals surface area contributed by atoms with Crippen LogP contribution in [0.25, 0.3) is 0 Å². The molecule has 0 fully saturated rings. The van der Waals surface area contributed by atoms with Crippen molar-refractivity contribution in [1.29, 1.82) is 5.41 Å². The van der Waals surface area contributed by atoms with Crippen molar-refractivity contribution < 1.29 is 0 Å². The van der Waals surface area contributed by atoms with Gasteiger partial charge in [0.05, 0.1) is 11.0 Å². The van der Waals surface area contributed by atoms with E-state index in [9.17, 15) is 0 Å². The highest BCUT2D eigenvalue weighted by Gasteiger charge is 2.08. The summed E-state index contributed by atoms with van der Waals surface area (Å²) < 4.78 is 0. The number of anilines is 1. The number of hydrogen-bond donors (Lipinski definition) is 2. The van der Waals surface area contributed by atoms with E-state index in [4.69, 9.17) is 5.41 Å². The van der Waals surface area contributed by atoms with Gasteiger partial charge in [0, 0.05) is 5.56 Å². The van der Waals surface area contributed by atoms with Crippen LogP contribution in [0.3, 0.4) is 0 Å². The van der Waals surface area contributed by atoms with Crippen molar-refractivity contribution in [3.8, 4) is 0 Å². The van der Waals surface area contributed by atoms with Crippen molar-refractivity contribution in [2.75, 3.05) is 5.23 Å². The zero-order valence-corrected chi connectivity index (χ0v) is 4.50. The molecule has 0 aliphatic carbocycles. The molecule has 0 radical (unpaired) electrons. The van der Waals surface area contributed by atoms with Gasteiger partial charge in [-0.05, 0) is 6.92 Å². The first-order chi connectivity index (χ1) is 3.27. The van der Waals surface area contributed by atoms with Gasteiger partial charge >= 0.3 is 0 Å². The van der Waals surface area contributed by atoms with Crippen molar-refractivity contribution in [3.05, 3.63) is 10.9 Å². The van der Waals surface area contributed by atoms with Crippen molar-refractivity contribution in [3.63, 3.8) is 0 Å². The first-order valence-electron chi connectivity index (χ1n) is 2.25. The van der Waals surface area contributed by atoms with Crippen LogP contribution >= 0.6 is 0 Å². The van der Waals surface area contributed by atoms with Gasteiger partial charge in [0.25, 0.3) is 0 Å². The number of rotatable bonds is 1. The Morgan fingerprint density at radius 1 is 1.71 bits per heavy atom. The molecular formula is C4H7BN2. The normalized spacial score (nSPS) is 9.86. The molecule has 36 valence electrons. The van der Waals surface area contributed by atoms with Crippen molar-refractivity contribution in [2.45, 2.75) is 6.92 Å². The molecule has 1 aromatic rings. The summed E-state index contributed by atoms with van der Waals surface area (Å²) in [7, 11) is 1.83. The molecule has 0 heterocycles. The van der Waals surface area contributed by atoms with Crippen LogP contribution < -0.4 is 10.6 Å². The third-order valence-electron chi connectivity index (χ3n) is 1.19. The predicted molar refractivity (Wildman–Crippen MR) is 31.6 cm³/mol. The average Bonchev–Trinajstić information content (AvgIpc) is 2.17. The fourth-order valence-electron chi connectivity index (χ4n) is 0.594. The van der Waals surface area contributed by atoms with E-state index in [2.05, 4.69) is 5.23 Å². The molecule has 2 nitrogen and oxygen atoms in total. The molecule has 0 saturated heterocycles. The maximum Gasteiger partial charge on any atom is 0.214 e. The number of nitrogens with one attached hydrogen (secondary N) is 2. The SMILES string of the molecule is BNc1c(C)c1=N. The van der Waals surface area contributed by atoms with Crippen LogP contribution in [-0.2, 0) is 0 Å². The van der Waals surface area contributed by atoms with Crippen LogP contribution in [0.15, 0.2) is 0 Å². The van der Waals surface area contributed by atoms with E-state index in [-0.39, 0.29) is 0 Å². The van der Waals surface area contributed by atoms with Crippen LogP contribution in [0.1, 0.15) is 5.56 Å². The Morgan fingerprint density at radius 3 is 2.14 bits per heavy atom.